The lowest BCUT2D eigenvalue weighted by molar-refractivity contribution is 0.125. The molecule has 0 spiro atoms. The minimum absolute atomic E-state index is 0.105. The van der Waals surface area contributed by atoms with Gasteiger partial charge >= 0.3 is 0 Å². The van der Waals surface area contributed by atoms with E-state index in [0.717, 1.165) is 17.4 Å². The van der Waals surface area contributed by atoms with E-state index < -0.39 is 21.4 Å². The monoisotopic (exact) mass is 502 g/mol. The quantitative estimate of drug-likeness (QED) is 0.488. The number of epoxide rings is 1. The lowest BCUT2D eigenvalue weighted by Gasteiger charge is -2.27. The maximum atomic E-state index is 11.2. The highest BCUT2D eigenvalue weighted by Gasteiger charge is 2.40. The minimum Gasteiger partial charge on any atom is -0.491 e. The summed E-state index contributed by atoms with van der Waals surface area (Å²) in [5.74, 6) is 0.639. The number of aliphatic hydroxyl groups excluding tert-OH is 1. The Labute approximate surface area is 199 Å². The van der Waals surface area contributed by atoms with Crippen molar-refractivity contribution >= 4 is 33.0 Å². The molecule has 6 nitrogen and oxygen atoms in total. The van der Waals surface area contributed by atoms with E-state index in [1.54, 1.807) is 12.1 Å². The number of hydrogen-bond acceptors (Lipinski definition) is 6. The highest BCUT2D eigenvalue weighted by molar-refractivity contribution is 7.90. The Hall–Kier alpha value is -1.51. The van der Waals surface area contributed by atoms with Gasteiger partial charge in [0.1, 0.15) is 40.5 Å². The molecule has 1 unspecified atom stereocenters. The van der Waals surface area contributed by atoms with Gasteiger partial charge in [0.25, 0.3) is 0 Å². The van der Waals surface area contributed by atoms with Gasteiger partial charge < -0.3 is 19.3 Å². The number of ether oxygens (including phenoxy) is 3. The van der Waals surface area contributed by atoms with Crippen molar-refractivity contribution < 1.29 is 27.7 Å². The number of halogens is 2. The molecular formula is C23H28Cl2O6S. The van der Waals surface area contributed by atoms with Crippen molar-refractivity contribution in [3.05, 3.63) is 57.6 Å². The fourth-order valence-electron chi connectivity index (χ4n) is 3.21. The molecular weight excluding hydrogens is 475 g/mol. The third-order valence-electron chi connectivity index (χ3n) is 5.39. The standard InChI is InChI=1S/C23H28Cl2O6S/c1-22(2,15-5-7-18(8-6-15)29-11-17(26)12-32(4,27)28)16-9-19(24)21(20(25)10-16)30-13-23(3)14-31-23/h5-10,17,26H,11-14H2,1-4H3/t17-,23?/m0/s1. The van der Waals surface area contributed by atoms with Crippen LogP contribution >= 0.6 is 23.2 Å². The number of benzene rings is 2. The summed E-state index contributed by atoms with van der Waals surface area (Å²) in [5.41, 5.74) is 1.24. The topological polar surface area (TPSA) is 85.4 Å². The zero-order valence-corrected chi connectivity index (χ0v) is 20.9. The van der Waals surface area contributed by atoms with Crippen LogP contribution in [-0.2, 0) is 20.0 Å². The Bertz CT molecular complexity index is 1040. The predicted octanol–water partition coefficient (Wildman–Crippen LogP) is 4.27. The maximum Gasteiger partial charge on any atom is 0.156 e. The molecule has 9 heteroatoms. The van der Waals surface area contributed by atoms with Crippen molar-refractivity contribution in [2.75, 3.05) is 31.8 Å². The molecule has 0 aromatic heterocycles. The molecule has 1 aliphatic heterocycles. The SMILES string of the molecule is CC1(COc2c(Cl)cc(C(C)(C)c3ccc(OC[C@H](O)CS(C)(=O)=O)cc3)cc2Cl)CO1. The Morgan fingerprint density at radius 1 is 1.12 bits per heavy atom. The van der Waals surface area contributed by atoms with Crippen LogP contribution in [0.25, 0.3) is 0 Å². The summed E-state index contributed by atoms with van der Waals surface area (Å²) in [7, 11) is -3.27. The molecule has 3 rings (SSSR count). The Morgan fingerprint density at radius 3 is 2.19 bits per heavy atom. The fraction of sp³-hybridized carbons (Fsp3) is 0.478. The first-order valence-corrected chi connectivity index (χ1v) is 13.0. The largest absolute Gasteiger partial charge is 0.491 e. The average Bonchev–Trinajstić information content (AvgIpc) is 3.42. The maximum absolute atomic E-state index is 11.2. The zero-order valence-electron chi connectivity index (χ0n) is 18.5. The van der Waals surface area contributed by atoms with Gasteiger partial charge in [0.05, 0.1) is 22.4 Å². The van der Waals surface area contributed by atoms with E-state index in [0.29, 0.717) is 34.8 Å². The van der Waals surface area contributed by atoms with Crippen LogP contribution in [0.5, 0.6) is 11.5 Å². The molecule has 2 aromatic rings. The third-order valence-corrected chi connectivity index (χ3v) is 6.94. The Kier molecular flexibility index (Phi) is 7.37. The molecule has 2 aromatic carbocycles. The molecule has 0 radical (unpaired) electrons. The average molecular weight is 503 g/mol. The van der Waals surface area contributed by atoms with Crippen molar-refractivity contribution in [2.24, 2.45) is 0 Å². The fourth-order valence-corrected chi connectivity index (χ4v) is 4.61. The van der Waals surface area contributed by atoms with Gasteiger partial charge in [-0.2, -0.15) is 0 Å². The first kappa shape index (κ1) is 25.1. The van der Waals surface area contributed by atoms with E-state index in [4.69, 9.17) is 37.4 Å². The van der Waals surface area contributed by atoms with Gasteiger partial charge in [-0.05, 0) is 42.3 Å². The molecule has 176 valence electrons. The number of rotatable bonds is 10. The molecule has 0 amide bonds. The van der Waals surface area contributed by atoms with Crippen molar-refractivity contribution in [3.63, 3.8) is 0 Å². The Morgan fingerprint density at radius 2 is 1.69 bits per heavy atom. The van der Waals surface area contributed by atoms with Crippen molar-refractivity contribution in [3.8, 4) is 11.5 Å². The van der Waals surface area contributed by atoms with Gasteiger partial charge in [0, 0.05) is 11.7 Å². The number of hydrogen-bond donors (Lipinski definition) is 1. The minimum atomic E-state index is -3.27. The van der Waals surface area contributed by atoms with Crippen LogP contribution in [0, 0.1) is 0 Å². The smallest absolute Gasteiger partial charge is 0.156 e. The second-order valence-electron chi connectivity index (χ2n) is 9.00. The highest BCUT2D eigenvalue weighted by atomic mass is 35.5. The van der Waals surface area contributed by atoms with Crippen LogP contribution in [0.15, 0.2) is 36.4 Å². The van der Waals surface area contributed by atoms with E-state index in [9.17, 15) is 13.5 Å². The van der Waals surface area contributed by atoms with Gasteiger partial charge in [-0.25, -0.2) is 8.42 Å². The van der Waals surface area contributed by atoms with Gasteiger partial charge in [-0.3, -0.25) is 0 Å². The van der Waals surface area contributed by atoms with Crippen molar-refractivity contribution in [2.45, 2.75) is 37.9 Å². The summed E-state index contributed by atoms with van der Waals surface area (Å²) >= 11 is 13.0. The van der Waals surface area contributed by atoms with E-state index in [1.807, 2.05) is 31.2 Å². The normalized spacial score (nSPS) is 19.5. The summed E-state index contributed by atoms with van der Waals surface area (Å²) in [6, 6.07) is 11.1. The highest BCUT2D eigenvalue weighted by Crippen LogP contribution is 2.41. The van der Waals surface area contributed by atoms with Crippen molar-refractivity contribution in [1.82, 2.24) is 0 Å². The van der Waals surface area contributed by atoms with Crippen molar-refractivity contribution in [1.29, 1.82) is 0 Å². The van der Waals surface area contributed by atoms with E-state index in [-0.39, 0.29) is 18.0 Å². The third kappa shape index (κ3) is 6.51. The van der Waals surface area contributed by atoms with Gasteiger partial charge in [0.15, 0.2) is 5.75 Å². The molecule has 1 saturated heterocycles. The summed E-state index contributed by atoms with van der Waals surface area (Å²) in [5, 5.41) is 10.7. The summed E-state index contributed by atoms with van der Waals surface area (Å²) < 4.78 is 39.1. The van der Waals surface area contributed by atoms with E-state index in [2.05, 4.69) is 13.8 Å². The lowest BCUT2D eigenvalue weighted by Crippen LogP contribution is -2.26. The van der Waals surface area contributed by atoms with E-state index in [1.165, 1.54) is 0 Å². The molecule has 0 saturated carbocycles. The molecule has 1 heterocycles. The Balaban J connectivity index is 1.70. The molecule has 1 N–H and O–H groups in total. The number of aliphatic hydroxyl groups is 1. The summed E-state index contributed by atoms with van der Waals surface area (Å²) in [4.78, 5) is 0. The summed E-state index contributed by atoms with van der Waals surface area (Å²) in [6.45, 7) is 7.01. The zero-order chi connectivity index (χ0) is 23.7. The van der Waals surface area contributed by atoms with Gasteiger partial charge in [-0.1, -0.05) is 49.2 Å². The lowest BCUT2D eigenvalue weighted by atomic mass is 9.78. The van der Waals surface area contributed by atoms with Crippen LogP contribution in [0.3, 0.4) is 0 Å². The molecule has 0 aliphatic carbocycles. The molecule has 2 atom stereocenters. The molecule has 1 aliphatic rings. The number of sulfone groups is 1. The first-order valence-electron chi connectivity index (χ1n) is 10.1. The van der Waals surface area contributed by atoms with Crippen LogP contribution in [0.1, 0.15) is 31.9 Å². The van der Waals surface area contributed by atoms with Crippen LogP contribution in [0.2, 0.25) is 10.0 Å². The molecule has 32 heavy (non-hydrogen) atoms. The second kappa shape index (κ2) is 9.39. The van der Waals surface area contributed by atoms with Gasteiger partial charge in [-0.15, -0.1) is 0 Å². The van der Waals surface area contributed by atoms with Crippen LogP contribution in [0.4, 0.5) is 0 Å². The van der Waals surface area contributed by atoms with Gasteiger partial charge in [0.2, 0.25) is 0 Å². The molecule has 1 fully saturated rings. The van der Waals surface area contributed by atoms with E-state index >= 15 is 0 Å². The predicted molar refractivity (Wildman–Crippen MR) is 126 cm³/mol. The van der Waals surface area contributed by atoms with Crippen LogP contribution < -0.4 is 9.47 Å². The molecule has 0 bridgehead atoms. The van der Waals surface area contributed by atoms with Crippen LogP contribution in [-0.4, -0.2) is 57.1 Å². The second-order valence-corrected chi connectivity index (χ2v) is 12.0. The first-order chi connectivity index (χ1) is 14.8. The summed E-state index contributed by atoms with van der Waals surface area (Å²) in [6.07, 6.45) is -0.00769.